The molecule has 0 aliphatic heterocycles. The van der Waals surface area contributed by atoms with Crippen LogP contribution in [0.4, 0.5) is 0 Å². The maximum atomic E-state index is 12.8. The van der Waals surface area contributed by atoms with Crippen molar-refractivity contribution in [1.29, 1.82) is 0 Å². The number of benzene rings is 2. The first-order valence-electron chi connectivity index (χ1n) is 9.87. The van der Waals surface area contributed by atoms with Crippen LogP contribution in [0.15, 0.2) is 52.4 Å². The van der Waals surface area contributed by atoms with Crippen molar-refractivity contribution in [2.45, 2.75) is 44.3 Å². The lowest BCUT2D eigenvalue weighted by atomic mass is 10.1. The van der Waals surface area contributed by atoms with E-state index in [1.54, 1.807) is 39.5 Å². The van der Waals surface area contributed by atoms with Gasteiger partial charge in [-0.05, 0) is 44.5 Å². The Morgan fingerprint density at radius 2 is 1.59 bits per heavy atom. The van der Waals surface area contributed by atoms with E-state index in [1.807, 2.05) is 45.0 Å². The maximum absolute atomic E-state index is 12.8. The molecule has 0 unspecified atom stereocenters. The first-order chi connectivity index (χ1) is 14.6. The van der Waals surface area contributed by atoms with Gasteiger partial charge in [0.05, 0.1) is 19.1 Å². The van der Waals surface area contributed by atoms with Gasteiger partial charge >= 0.3 is 0 Å². The Bertz CT molecular complexity index is 1020. The van der Waals surface area contributed by atoms with Crippen LogP contribution in [-0.4, -0.2) is 41.2 Å². The predicted molar refractivity (Wildman–Crippen MR) is 139 cm³/mol. The minimum Gasteiger partial charge on any atom is -0.497 e. The second-order valence-electron chi connectivity index (χ2n) is 7.92. The molecule has 0 aliphatic rings. The van der Waals surface area contributed by atoms with Gasteiger partial charge in [0.25, 0.3) is 0 Å². The summed E-state index contributed by atoms with van der Waals surface area (Å²) in [5.74, 6) is 1.95. The Morgan fingerprint density at radius 1 is 0.969 bits per heavy atom. The number of halogens is 1. The van der Waals surface area contributed by atoms with Gasteiger partial charge in [-0.15, -0.1) is 24.0 Å². The van der Waals surface area contributed by atoms with Gasteiger partial charge in [-0.25, -0.2) is 13.1 Å². The van der Waals surface area contributed by atoms with Gasteiger partial charge in [-0.2, -0.15) is 0 Å². The minimum absolute atomic E-state index is 0. The van der Waals surface area contributed by atoms with Crippen LogP contribution in [-0.2, 0) is 23.1 Å². The van der Waals surface area contributed by atoms with Gasteiger partial charge in [0.15, 0.2) is 5.96 Å². The SMILES string of the molecule is CN=C(NCc1ccc(OC)cc1OC)NCc1ccccc1S(=O)(=O)NC(C)(C)C.I. The summed E-state index contributed by atoms with van der Waals surface area (Å²) in [6, 6.07) is 12.5. The summed E-state index contributed by atoms with van der Waals surface area (Å²) in [5, 5.41) is 6.39. The molecule has 0 radical (unpaired) electrons. The van der Waals surface area contributed by atoms with Crippen LogP contribution in [0.3, 0.4) is 0 Å². The van der Waals surface area contributed by atoms with Crippen LogP contribution in [0, 0.1) is 0 Å². The van der Waals surface area contributed by atoms with E-state index in [4.69, 9.17) is 9.47 Å². The van der Waals surface area contributed by atoms with Crippen LogP contribution < -0.4 is 24.8 Å². The summed E-state index contributed by atoms with van der Waals surface area (Å²) in [6.45, 7) is 6.19. The van der Waals surface area contributed by atoms with Crippen LogP contribution in [0.2, 0.25) is 0 Å². The van der Waals surface area contributed by atoms with Gasteiger partial charge in [0.2, 0.25) is 10.0 Å². The third-order valence-corrected chi connectivity index (χ3v) is 6.17. The molecule has 0 spiro atoms. The van der Waals surface area contributed by atoms with Gasteiger partial charge in [0, 0.05) is 37.3 Å². The fourth-order valence-electron chi connectivity index (χ4n) is 2.95. The Kier molecular flexibility index (Phi) is 10.7. The summed E-state index contributed by atoms with van der Waals surface area (Å²) < 4.78 is 39.0. The van der Waals surface area contributed by atoms with Crippen LogP contribution in [0.1, 0.15) is 31.9 Å². The second kappa shape index (κ2) is 12.3. The van der Waals surface area contributed by atoms with E-state index in [1.165, 1.54) is 0 Å². The molecule has 2 rings (SSSR count). The van der Waals surface area contributed by atoms with E-state index in [0.717, 1.165) is 5.56 Å². The molecular formula is C22H33IN4O4S. The monoisotopic (exact) mass is 576 g/mol. The van der Waals surface area contributed by atoms with Crippen LogP contribution in [0.5, 0.6) is 11.5 Å². The average molecular weight is 577 g/mol. The molecule has 0 aliphatic carbocycles. The lowest BCUT2D eigenvalue weighted by Gasteiger charge is -2.22. The van der Waals surface area contributed by atoms with Crippen molar-refractivity contribution in [3.8, 4) is 11.5 Å². The van der Waals surface area contributed by atoms with Crippen molar-refractivity contribution < 1.29 is 17.9 Å². The lowest BCUT2D eigenvalue weighted by molar-refractivity contribution is 0.390. The molecule has 0 fully saturated rings. The Labute approximate surface area is 208 Å². The smallest absolute Gasteiger partial charge is 0.241 e. The van der Waals surface area contributed by atoms with Crippen molar-refractivity contribution in [2.75, 3.05) is 21.3 Å². The number of nitrogens with zero attached hydrogens (tertiary/aromatic N) is 1. The number of aliphatic imine (C=N–C) groups is 1. The molecule has 0 heterocycles. The van der Waals surface area contributed by atoms with Crippen molar-refractivity contribution in [1.82, 2.24) is 15.4 Å². The highest BCUT2D eigenvalue weighted by Gasteiger charge is 2.24. The summed E-state index contributed by atoms with van der Waals surface area (Å²) >= 11 is 0. The fraction of sp³-hybridized carbons (Fsp3) is 0.409. The largest absolute Gasteiger partial charge is 0.497 e. The molecular weight excluding hydrogens is 543 g/mol. The molecule has 8 nitrogen and oxygen atoms in total. The maximum Gasteiger partial charge on any atom is 0.241 e. The number of hydrogen-bond acceptors (Lipinski definition) is 5. The molecule has 32 heavy (non-hydrogen) atoms. The van der Waals surface area contributed by atoms with E-state index in [-0.39, 0.29) is 28.9 Å². The molecule has 10 heteroatoms. The Hall–Kier alpha value is -2.05. The first-order valence-corrected chi connectivity index (χ1v) is 11.3. The number of ether oxygens (including phenoxy) is 2. The van der Waals surface area contributed by atoms with Gasteiger partial charge in [0.1, 0.15) is 11.5 Å². The van der Waals surface area contributed by atoms with Crippen molar-refractivity contribution in [3.63, 3.8) is 0 Å². The van der Waals surface area contributed by atoms with Crippen molar-refractivity contribution in [3.05, 3.63) is 53.6 Å². The lowest BCUT2D eigenvalue weighted by Crippen LogP contribution is -2.41. The summed E-state index contributed by atoms with van der Waals surface area (Å²) in [4.78, 5) is 4.46. The number of sulfonamides is 1. The zero-order chi connectivity index (χ0) is 23.1. The van der Waals surface area contributed by atoms with Gasteiger partial charge < -0.3 is 20.1 Å². The molecule has 2 aromatic carbocycles. The molecule has 0 atom stereocenters. The number of nitrogens with one attached hydrogen (secondary N) is 3. The zero-order valence-electron chi connectivity index (χ0n) is 19.4. The zero-order valence-corrected chi connectivity index (χ0v) is 22.5. The summed E-state index contributed by atoms with van der Waals surface area (Å²) in [6.07, 6.45) is 0. The van der Waals surface area contributed by atoms with E-state index >= 15 is 0 Å². The van der Waals surface area contributed by atoms with Gasteiger partial charge in [-0.1, -0.05) is 18.2 Å². The van der Waals surface area contributed by atoms with Crippen molar-refractivity contribution >= 4 is 40.0 Å². The molecule has 0 saturated carbocycles. The Balaban J connectivity index is 0.00000512. The number of guanidine groups is 1. The molecule has 0 saturated heterocycles. The van der Waals surface area contributed by atoms with Crippen LogP contribution in [0.25, 0.3) is 0 Å². The molecule has 2 aromatic rings. The second-order valence-corrected chi connectivity index (χ2v) is 9.57. The molecule has 178 valence electrons. The third-order valence-electron chi connectivity index (χ3n) is 4.31. The predicted octanol–water partition coefficient (Wildman–Crippen LogP) is 3.26. The molecule has 0 aromatic heterocycles. The van der Waals surface area contributed by atoms with Crippen LogP contribution >= 0.6 is 24.0 Å². The van der Waals surface area contributed by atoms with E-state index < -0.39 is 15.6 Å². The topological polar surface area (TPSA) is 101 Å². The molecule has 0 bridgehead atoms. The van der Waals surface area contributed by atoms with E-state index in [0.29, 0.717) is 36.1 Å². The quantitative estimate of drug-likeness (QED) is 0.254. The van der Waals surface area contributed by atoms with Gasteiger partial charge in [-0.3, -0.25) is 4.99 Å². The van der Waals surface area contributed by atoms with Crippen molar-refractivity contribution in [2.24, 2.45) is 4.99 Å². The number of hydrogen-bond donors (Lipinski definition) is 3. The highest BCUT2D eigenvalue weighted by atomic mass is 127. The Morgan fingerprint density at radius 3 is 2.16 bits per heavy atom. The average Bonchev–Trinajstić information content (AvgIpc) is 2.72. The molecule has 0 amide bonds. The number of methoxy groups -OCH3 is 2. The number of rotatable bonds is 8. The fourth-order valence-corrected chi connectivity index (χ4v) is 4.61. The highest BCUT2D eigenvalue weighted by Crippen LogP contribution is 2.24. The highest BCUT2D eigenvalue weighted by molar-refractivity contribution is 14.0. The van der Waals surface area contributed by atoms with E-state index in [9.17, 15) is 8.42 Å². The summed E-state index contributed by atoms with van der Waals surface area (Å²) in [7, 11) is 1.21. The minimum atomic E-state index is -3.65. The van der Waals surface area contributed by atoms with E-state index in [2.05, 4.69) is 20.3 Å². The summed E-state index contributed by atoms with van der Waals surface area (Å²) in [5.41, 5.74) is 1.00. The third kappa shape index (κ3) is 8.14. The first kappa shape index (κ1) is 28.0. The normalized spacial score (nSPS) is 12.0. The molecule has 3 N–H and O–H groups in total. The standard InChI is InChI=1S/C22H32N4O4S.HI/c1-22(2,3)26-31(27,28)20-10-8-7-9-17(20)15-25-21(23-4)24-14-16-11-12-18(29-5)13-19(16)30-6;/h7-13,26H,14-15H2,1-6H3,(H2,23,24,25);1H.